The van der Waals surface area contributed by atoms with Crippen LogP contribution in [0.4, 0.5) is 11.4 Å². The van der Waals surface area contributed by atoms with Gasteiger partial charge in [0, 0.05) is 23.8 Å². The lowest BCUT2D eigenvalue weighted by molar-refractivity contribution is -0.118. The van der Waals surface area contributed by atoms with E-state index in [1.165, 1.54) is 0 Å². The largest absolute Gasteiger partial charge is 0.399 e. The van der Waals surface area contributed by atoms with Crippen molar-refractivity contribution in [2.75, 3.05) is 11.1 Å². The summed E-state index contributed by atoms with van der Waals surface area (Å²) in [6.07, 6.45) is 0.314. The minimum Gasteiger partial charge on any atom is -0.399 e. The average Bonchev–Trinajstić information content (AvgIpc) is 2.10. The van der Waals surface area contributed by atoms with Crippen molar-refractivity contribution < 1.29 is 4.79 Å². The molecule has 5 N–H and O–H groups in total. The Morgan fingerprint density at radius 3 is 2.80 bits per heavy atom. The van der Waals surface area contributed by atoms with Gasteiger partial charge in [-0.2, -0.15) is 0 Å². The third kappa shape index (κ3) is 3.50. The highest BCUT2D eigenvalue weighted by molar-refractivity contribution is 5.75. The van der Waals surface area contributed by atoms with Gasteiger partial charge in [0.25, 0.3) is 0 Å². The van der Waals surface area contributed by atoms with Crippen LogP contribution in [0.5, 0.6) is 0 Å². The number of hydrogen-bond donors (Lipinski definition) is 3. The van der Waals surface area contributed by atoms with Gasteiger partial charge in [-0.25, -0.2) is 0 Å². The van der Waals surface area contributed by atoms with Crippen molar-refractivity contribution in [1.29, 1.82) is 0 Å². The van der Waals surface area contributed by atoms with Gasteiger partial charge in [0.2, 0.25) is 5.91 Å². The number of primary amides is 1. The Labute approximate surface area is 89.6 Å². The molecular weight excluding hydrogens is 190 g/mol. The molecule has 1 atom stereocenters. The molecule has 0 spiro atoms. The summed E-state index contributed by atoms with van der Waals surface area (Å²) < 4.78 is 0. The summed E-state index contributed by atoms with van der Waals surface area (Å²) in [6.45, 7) is 3.89. The van der Waals surface area contributed by atoms with Crippen LogP contribution in [0.3, 0.4) is 0 Å². The van der Waals surface area contributed by atoms with Crippen LogP contribution >= 0.6 is 0 Å². The normalized spacial score (nSPS) is 12.1. The molecule has 0 aliphatic carbocycles. The van der Waals surface area contributed by atoms with Gasteiger partial charge in [-0.15, -0.1) is 0 Å². The van der Waals surface area contributed by atoms with Gasteiger partial charge in [-0.1, -0.05) is 6.07 Å². The quantitative estimate of drug-likeness (QED) is 0.650. The monoisotopic (exact) mass is 207 g/mol. The lowest BCUT2D eigenvalue weighted by Crippen LogP contribution is -2.24. The standard InChI is InChI=1S/C11H17N3O/c1-7-3-4-9(12)6-10(7)14-8(2)5-11(13)15/h3-4,6,8,14H,5,12H2,1-2H3,(H2,13,15). The third-order valence-corrected chi connectivity index (χ3v) is 2.17. The van der Waals surface area contributed by atoms with E-state index in [9.17, 15) is 4.79 Å². The van der Waals surface area contributed by atoms with Crippen LogP contribution in [0.25, 0.3) is 0 Å². The molecule has 0 saturated heterocycles. The van der Waals surface area contributed by atoms with E-state index < -0.39 is 0 Å². The molecule has 15 heavy (non-hydrogen) atoms. The van der Waals surface area contributed by atoms with Crippen molar-refractivity contribution >= 4 is 17.3 Å². The maximum absolute atomic E-state index is 10.7. The van der Waals surface area contributed by atoms with Crippen molar-refractivity contribution in [2.45, 2.75) is 26.3 Å². The third-order valence-electron chi connectivity index (χ3n) is 2.17. The second-order valence-corrected chi connectivity index (χ2v) is 3.79. The molecule has 0 bridgehead atoms. The smallest absolute Gasteiger partial charge is 0.219 e. The Bertz CT molecular complexity index is 363. The number of anilines is 2. The molecule has 4 nitrogen and oxygen atoms in total. The van der Waals surface area contributed by atoms with Crippen LogP contribution in [-0.4, -0.2) is 11.9 Å². The second-order valence-electron chi connectivity index (χ2n) is 3.79. The van der Waals surface area contributed by atoms with Gasteiger partial charge in [0.1, 0.15) is 0 Å². The Kier molecular flexibility index (Phi) is 3.55. The number of amides is 1. The fourth-order valence-electron chi connectivity index (χ4n) is 1.41. The molecule has 0 radical (unpaired) electrons. The molecule has 0 fully saturated rings. The van der Waals surface area contributed by atoms with Crippen molar-refractivity contribution in [3.05, 3.63) is 23.8 Å². The van der Waals surface area contributed by atoms with E-state index in [2.05, 4.69) is 5.32 Å². The van der Waals surface area contributed by atoms with Crippen molar-refractivity contribution in [1.82, 2.24) is 0 Å². The first kappa shape index (κ1) is 11.4. The van der Waals surface area contributed by atoms with E-state index in [1.54, 1.807) is 0 Å². The zero-order chi connectivity index (χ0) is 11.4. The summed E-state index contributed by atoms with van der Waals surface area (Å²) in [7, 11) is 0. The van der Waals surface area contributed by atoms with E-state index >= 15 is 0 Å². The van der Waals surface area contributed by atoms with Gasteiger partial charge in [-0.05, 0) is 31.5 Å². The summed E-state index contributed by atoms with van der Waals surface area (Å²) in [5, 5.41) is 3.20. The van der Waals surface area contributed by atoms with Crippen LogP contribution in [0, 0.1) is 6.92 Å². The van der Waals surface area contributed by atoms with Gasteiger partial charge >= 0.3 is 0 Å². The predicted molar refractivity (Wildman–Crippen MR) is 62.5 cm³/mol. The topological polar surface area (TPSA) is 81.1 Å². The molecule has 1 aromatic carbocycles. The second kappa shape index (κ2) is 4.68. The molecule has 4 heteroatoms. The minimum atomic E-state index is -0.309. The molecule has 82 valence electrons. The first-order valence-electron chi connectivity index (χ1n) is 4.90. The SMILES string of the molecule is Cc1ccc(N)cc1NC(C)CC(N)=O. The number of benzene rings is 1. The lowest BCUT2D eigenvalue weighted by atomic mass is 10.1. The zero-order valence-corrected chi connectivity index (χ0v) is 9.08. The van der Waals surface area contributed by atoms with E-state index in [0.717, 1.165) is 11.3 Å². The van der Waals surface area contributed by atoms with Gasteiger partial charge in [0.15, 0.2) is 0 Å². The van der Waals surface area contributed by atoms with Crippen LogP contribution in [0.2, 0.25) is 0 Å². The van der Waals surface area contributed by atoms with Crippen molar-refractivity contribution in [3.63, 3.8) is 0 Å². The van der Waals surface area contributed by atoms with Crippen LogP contribution < -0.4 is 16.8 Å². The van der Waals surface area contributed by atoms with Gasteiger partial charge < -0.3 is 16.8 Å². The first-order valence-corrected chi connectivity index (χ1v) is 4.90. The fourth-order valence-corrected chi connectivity index (χ4v) is 1.41. The van der Waals surface area contributed by atoms with Crippen LogP contribution in [0.15, 0.2) is 18.2 Å². The lowest BCUT2D eigenvalue weighted by Gasteiger charge is -2.15. The number of nitrogens with two attached hydrogens (primary N) is 2. The van der Waals surface area contributed by atoms with E-state index in [-0.39, 0.29) is 11.9 Å². The van der Waals surface area contributed by atoms with Gasteiger partial charge in [0.05, 0.1) is 0 Å². The predicted octanol–water partition coefficient (Wildman–Crippen LogP) is 1.25. The molecular formula is C11H17N3O. The Morgan fingerprint density at radius 1 is 1.53 bits per heavy atom. The highest BCUT2D eigenvalue weighted by atomic mass is 16.1. The highest BCUT2D eigenvalue weighted by Gasteiger charge is 2.07. The number of nitrogens with one attached hydrogen (secondary N) is 1. The van der Waals surface area contributed by atoms with Crippen LogP contribution in [0.1, 0.15) is 18.9 Å². The maximum atomic E-state index is 10.7. The number of carbonyl (C=O) groups is 1. The minimum absolute atomic E-state index is 0.0167. The fraction of sp³-hybridized carbons (Fsp3) is 0.364. The summed E-state index contributed by atoms with van der Waals surface area (Å²) in [5.74, 6) is -0.309. The zero-order valence-electron chi connectivity index (χ0n) is 9.08. The van der Waals surface area contributed by atoms with Crippen molar-refractivity contribution in [3.8, 4) is 0 Å². The maximum Gasteiger partial charge on any atom is 0.219 e. The molecule has 0 aliphatic heterocycles. The summed E-state index contributed by atoms with van der Waals surface area (Å²) >= 11 is 0. The molecule has 0 aromatic heterocycles. The first-order chi connectivity index (χ1) is 6.99. The molecule has 1 rings (SSSR count). The summed E-state index contributed by atoms with van der Waals surface area (Å²) in [4.78, 5) is 10.7. The Morgan fingerprint density at radius 2 is 2.20 bits per heavy atom. The summed E-state index contributed by atoms with van der Waals surface area (Å²) in [6, 6.07) is 5.66. The number of aryl methyl sites for hydroxylation is 1. The number of hydrogen-bond acceptors (Lipinski definition) is 3. The van der Waals surface area contributed by atoms with Crippen LogP contribution in [-0.2, 0) is 4.79 Å². The Hall–Kier alpha value is -1.71. The summed E-state index contributed by atoms with van der Waals surface area (Å²) in [5.41, 5.74) is 13.5. The van der Waals surface area contributed by atoms with Gasteiger partial charge in [-0.3, -0.25) is 4.79 Å². The van der Waals surface area contributed by atoms with E-state index in [4.69, 9.17) is 11.5 Å². The van der Waals surface area contributed by atoms with E-state index in [1.807, 2.05) is 32.0 Å². The molecule has 0 aliphatic rings. The average molecular weight is 207 g/mol. The number of nitrogen functional groups attached to an aromatic ring is 1. The number of carbonyl (C=O) groups excluding carboxylic acids is 1. The Balaban J connectivity index is 2.71. The molecule has 1 amide bonds. The van der Waals surface area contributed by atoms with Crippen molar-refractivity contribution in [2.24, 2.45) is 5.73 Å². The molecule has 0 heterocycles. The molecule has 1 aromatic rings. The number of rotatable bonds is 4. The molecule has 0 saturated carbocycles. The molecule has 1 unspecified atom stereocenters. The highest BCUT2D eigenvalue weighted by Crippen LogP contribution is 2.19. The van der Waals surface area contributed by atoms with E-state index in [0.29, 0.717) is 12.1 Å².